The van der Waals surface area contributed by atoms with Gasteiger partial charge in [0, 0.05) is 43.6 Å². The Balaban J connectivity index is 1.37. The zero-order chi connectivity index (χ0) is 18.0. The molecule has 1 aromatic rings. The van der Waals surface area contributed by atoms with Crippen LogP contribution in [0.4, 0.5) is 9.18 Å². The number of amides is 2. The fourth-order valence-corrected chi connectivity index (χ4v) is 4.15. The lowest BCUT2D eigenvalue weighted by Gasteiger charge is -2.54. The molecule has 2 aliphatic rings. The van der Waals surface area contributed by atoms with Gasteiger partial charge in [0.25, 0.3) is 0 Å². The Kier molecular flexibility index (Phi) is 5.29. The molecule has 0 unspecified atom stereocenters. The highest BCUT2D eigenvalue weighted by Crippen LogP contribution is 2.51. The van der Waals surface area contributed by atoms with Crippen molar-refractivity contribution in [3.63, 3.8) is 0 Å². The van der Waals surface area contributed by atoms with E-state index in [9.17, 15) is 9.18 Å². The number of likely N-dealkylation sites (N-methyl/N-ethyl adjacent to an activating group) is 1. The number of nitrogens with zero attached hydrogens (tertiary/aromatic N) is 1. The van der Waals surface area contributed by atoms with Crippen LogP contribution in [-0.2, 0) is 11.3 Å². The summed E-state index contributed by atoms with van der Waals surface area (Å²) in [6.07, 6.45) is 1.30. The summed E-state index contributed by atoms with van der Waals surface area (Å²) in [5, 5.41) is 6.05. The van der Waals surface area contributed by atoms with E-state index in [1.807, 2.05) is 7.05 Å². The molecule has 1 aliphatic heterocycles. The quantitative estimate of drug-likeness (QED) is 0.829. The van der Waals surface area contributed by atoms with E-state index >= 15 is 0 Å². The first-order valence-corrected chi connectivity index (χ1v) is 8.97. The van der Waals surface area contributed by atoms with Crippen LogP contribution in [0.3, 0.4) is 0 Å². The van der Waals surface area contributed by atoms with Gasteiger partial charge in [-0.05, 0) is 31.2 Å². The van der Waals surface area contributed by atoms with Crippen molar-refractivity contribution in [2.24, 2.45) is 11.3 Å². The minimum absolute atomic E-state index is 0.00210. The highest BCUT2D eigenvalue weighted by molar-refractivity contribution is 5.74. The van der Waals surface area contributed by atoms with Crippen LogP contribution in [0, 0.1) is 17.2 Å². The standard InChI is InChI=1S/C19H28FN3O2/c1-19(2)16(15-8-11-25-17(15)19)22-18(24)21-9-10-23(3)12-13-4-6-14(20)7-5-13/h4-7,15-17H,8-12H2,1-3H3,(H2,21,22,24)/t15-,16-,17-/m0/s1. The summed E-state index contributed by atoms with van der Waals surface area (Å²) < 4.78 is 18.7. The molecular formula is C19H28FN3O2. The van der Waals surface area contributed by atoms with Crippen molar-refractivity contribution in [2.75, 3.05) is 26.7 Å². The van der Waals surface area contributed by atoms with Crippen LogP contribution in [0.5, 0.6) is 0 Å². The minimum atomic E-state index is -0.224. The number of halogens is 1. The van der Waals surface area contributed by atoms with Gasteiger partial charge < -0.3 is 20.3 Å². The van der Waals surface area contributed by atoms with Crippen LogP contribution in [0.25, 0.3) is 0 Å². The molecule has 2 fully saturated rings. The van der Waals surface area contributed by atoms with E-state index < -0.39 is 0 Å². The second kappa shape index (κ2) is 7.30. The maximum atomic E-state index is 12.9. The number of nitrogens with one attached hydrogen (secondary N) is 2. The lowest BCUT2D eigenvalue weighted by atomic mass is 9.57. The normalized spacial score (nSPS) is 26.8. The average molecular weight is 349 g/mol. The van der Waals surface area contributed by atoms with Crippen molar-refractivity contribution in [1.82, 2.24) is 15.5 Å². The highest BCUT2D eigenvalue weighted by Gasteiger charge is 2.59. The summed E-state index contributed by atoms with van der Waals surface area (Å²) in [5.41, 5.74) is 1.05. The van der Waals surface area contributed by atoms with E-state index in [1.165, 1.54) is 12.1 Å². The number of urea groups is 1. The largest absolute Gasteiger partial charge is 0.377 e. The Labute approximate surface area is 148 Å². The number of rotatable bonds is 6. The van der Waals surface area contributed by atoms with Gasteiger partial charge in [-0.3, -0.25) is 0 Å². The summed E-state index contributed by atoms with van der Waals surface area (Å²) in [4.78, 5) is 14.3. The molecule has 2 N–H and O–H groups in total. The van der Waals surface area contributed by atoms with Gasteiger partial charge in [-0.15, -0.1) is 0 Å². The van der Waals surface area contributed by atoms with Gasteiger partial charge >= 0.3 is 6.03 Å². The van der Waals surface area contributed by atoms with Crippen LogP contribution < -0.4 is 10.6 Å². The lowest BCUT2D eigenvalue weighted by Crippen LogP contribution is -2.67. The Morgan fingerprint density at radius 3 is 2.80 bits per heavy atom. The van der Waals surface area contributed by atoms with Gasteiger partial charge in [0.1, 0.15) is 5.82 Å². The number of ether oxygens (including phenoxy) is 1. The first kappa shape index (κ1) is 18.1. The molecule has 0 radical (unpaired) electrons. The molecule has 0 aromatic heterocycles. The third-order valence-electron chi connectivity index (χ3n) is 5.53. The smallest absolute Gasteiger partial charge is 0.315 e. The van der Waals surface area contributed by atoms with Gasteiger partial charge in [0.05, 0.1) is 6.10 Å². The molecule has 3 atom stereocenters. The maximum Gasteiger partial charge on any atom is 0.315 e. The van der Waals surface area contributed by atoms with Crippen LogP contribution in [0.2, 0.25) is 0 Å². The van der Waals surface area contributed by atoms with Gasteiger partial charge in [0.15, 0.2) is 0 Å². The summed E-state index contributed by atoms with van der Waals surface area (Å²) in [6.45, 7) is 7.13. The SMILES string of the molecule is CN(CCNC(=O)N[C@H]1[C@@H]2CCO[C@@H]2C1(C)C)Cc1ccc(F)cc1. The summed E-state index contributed by atoms with van der Waals surface area (Å²) in [6, 6.07) is 6.57. The predicted molar refractivity (Wildman–Crippen MR) is 94.7 cm³/mol. The maximum absolute atomic E-state index is 12.9. The molecule has 1 saturated heterocycles. The Morgan fingerprint density at radius 1 is 1.36 bits per heavy atom. The molecule has 25 heavy (non-hydrogen) atoms. The Bertz CT molecular complexity index is 605. The molecule has 1 saturated carbocycles. The van der Waals surface area contributed by atoms with Crippen LogP contribution in [0.1, 0.15) is 25.8 Å². The van der Waals surface area contributed by atoms with Crippen molar-refractivity contribution >= 4 is 6.03 Å². The van der Waals surface area contributed by atoms with E-state index in [2.05, 4.69) is 29.4 Å². The van der Waals surface area contributed by atoms with E-state index in [4.69, 9.17) is 4.74 Å². The van der Waals surface area contributed by atoms with Gasteiger partial charge in [0.2, 0.25) is 0 Å². The molecule has 2 amide bonds. The summed E-state index contributed by atoms with van der Waals surface area (Å²) in [7, 11) is 1.98. The van der Waals surface area contributed by atoms with Crippen molar-refractivity contribution in [1.29, 1.82) is 0 Å². The topological polar surface area (TPSA) is 53.6 Å². The second-order valence-electron chi connectivity index (χ2n) is 7.81. The van der Waals surface area contributed by atoms with Crippen LogP contribution >= 0.6 is 0 Å². The summed E-state index contributed by atoms with van der Waals surface area (Å²) >= 11 is 0. The van der Waals surface area contributed by atoms with Crippen molar-refractivity contribution in [2.45, 2.75) is 39.0 Å². The van der Waals surface area contributed by atoms with Crippen molar-refractivity contribution in [3.8, 4) is 0 Å². The van der Waals surface area contributed by atoms with Crippen molar-refractivity contribution < 1.29 is 13.9 Å². The first-order chi connectivity index (χ1) is 11.9. The van der Waals surface area contributed by atoms with E-state index in [0.29, 0.717) is 12.5 Å². The Hall–Kier alpha value is -1.66. The molecule has 0 bridgehead atoms. The van der Waals surface area contributed by atoms with E-state index in [-0.39, 0.29) is 29.4 Å². The zero-order valence-electron chi connectivity index (χ0n) is 15.2. The van der Waals surface area contributed by atoms with Gasteiger partial charge in [-0.1, -0.05) is 26.0 Å². The monoisotopic (exact) mass is 349 g/mol. The molecule has 3 rings (SSSR count). The molecule has 138 valence electrons. The van der Waals surface area contributed by atoms with E-state index in [1.54, 1.807) is 12.1 Å². The third kappa shape index (κ3) is 3.96. The molecule has 5 nitrogen and oxygen atoms in total. The van der Waals surface area contributed by atoms with Gasteiger partial charge in [-0.2, -0.15) is 0 Å². The number of hydrogen-bond acceptors (Lipinski definition) is 3. The van der Waals surface area contributed by atoms with Crippen LogP contribution in [0.15, 0.2) is 24.3 Å². The number of benzene rings is 1. The Morgan fingerprint density at radius 2 is 2.08 bits per heavy atom. The molecule has 1 heterocycles. The average Bonchev–Trinajstić information content (AvgIpc) is 3.02. The number of carbonyl (C=O) groups is 1. The minimum Gasteiger partial charge on any atom is -0.377 e. The number of carbonyl (C=O) groups excluding carboxylic acids is 1. The third-order valence-corrected chi connectivity index (χ3v) is 5.53. The molecule has 0 spiro atoms. The van der Waals surface area contributed by atoms with Crippen molar-refractivity contribution in [3.05, 3.63) is 35.6 Å². The fraction of sp³-hybridized carbons (Fsp3) is 0.632. The van der Waals surface area contributed by atoms with E-state index in [0.717, 1.165) is 31.7 Å². The molecular weight excluding hydrogens is 321 g/mol. The highest BCUT2D eigenvalue weighted by atomic mass is 19.1. The number of hydrogen-bond donors (Lipinski definition) is 2. The molecule has 1 aromatic carbocycles. The predicted octanol–water partition coefficient (Wildman–Crippen LogP) is 2.37. The van der Waals surface area contributed by atoms with Gasteiger partial charge in [-0.25, -0.2) is 9.18 Å². The molecule has 1 aliphatic carbocycles. The van der Waals surface area contributed by atoms with Crippen LogP contribution in [-0.4, -0.2) is 49.8 Å². The summed E-state index contributed by atoms with van der Waals surface area (Å²) in [5.74, 6) is 0.223. The number of fused-ring (bicyclic) bond motifs is 1. The zero-order valence-corrected chi connectivity index (χ0v) is 15.2. The lowest BCUT2D eigenvalue weighted by molar-refractivity contribution is -0.108. The second-order valence-corrected chi connectivity index (χ2v) is 7.81. The first-order valence-electron chi connectivity index (χ1n) is 8.97. The molecule has 6 heteroatoms. The fourth-order valence-electron chi connectivity index (χ4n) is 4.15.